The molecule has 1 heterocycles. The molecule has 5 nitrogen and oxygen atoms in total. The highest BCUT2D eigenvalue weighted by Gasteiger charge is 2.57. The molecular formula is C20H17F4NO4. The Kier molecular flexibility index (Phi) is 5.02. The molecule has 1 aliphatic heterocycles. The van der Waals surface area contributed by atoms with E-state index in [-0.39, 0.29) is 17.9 Å². The van der Waals surface area contributed by atoms with Crippen LogP contribution in [0.5, 0.6) is 5.75 Å². The van der Waals surface area contributed by atoms with E-state index in [0.29, 0.717) is 22.6 Å². The molecular weight excluding hydrogens is 394 g/mol. The van der Waals surface area contributed by atoms with Crippen LogP contribution < -0.4 is 9.64 Å². The van der Waals surface area contributed by atoms with Gasteiger partial charge >= 0.3 is 12.3 Å². The molecule has 0 aromatic heterocycles. The Morgan fingerprint density at radius 3 is 2.41 bits per heavy atom. The predicted molar refractivity (Wildman–Crippen MR) is 95.6 cm³/mol. The van der Waals surface area contributed by atoms with Crippen molar-refractivity contribution in [2.45, 2.75) is 25.7 Å². The van der Waals surface area contributed by atoms with Crippen LogP contribution in [0, 0.1) is 6.92 Å². The number of hydrogen-bond acceptors (Lipinski definition) is 4. The number of benzene rings is 2. The monoisotopic (exact) mass is 411 g/mol. The zero-order chi connectivity index (χ0) is 21.6. The normalized spacial score (nSPS) is 18.6. The first-order valence-electron chi connectivity index (χ1n) is 8.62. The summed E-state index contributed by atoms with van der Waals surface area (Å²) in [6.07, 6.45) is -6.01. The third kappa shape index (κ3) is 3.20. The van der Waals surface area contributed by atoms with E-state index >= 15 is 4.39 Å². The minimum Gasteiger partial charge on any atom is -0.496 e. The quantitative estimate of drug-likeness (QED) is 0.685. The van der Waals surface area contributed by atoms with Gasteiger partial charge in [-0.15, -0.1) is 0 Å². The molecule has 9 heteroatoms. The van der Waals surface area contributed by atoms with Gasteiger partial charge in [-0.25, -0.2) is 14.1 Å². The summed E-state index contributed by atoms with van der Waals surface area (Å²) in [7, 11) is 1.27. The SMILES string of the molecule is CCOC(=O)N1C(=O)C(F)(c2cc(C)ccc2OC)c2ccc(C(F)(F)F)cc21. The van der Waals surface area contributed by atoms with Crippen LogP contribution in [0.3, 0.4) is 0 Å². The largest absolute Gasteiger partial charge is 0.496 e. The Balaban J connectivity index is 2.31. The van der Waals surface area contributed by atoms with Gasteiger partial charge in [0.05, 0.1) is 25.0 Å². The average molecular weight is 411 g/mol. The van der Waals surface area contributed by atoms with Crippen LogP contribution in [0.25, 0.3) is 0 Å². The summed E-state index contributed by atoms with van der Waals surface area (Å²) in [6.45, 7) is 2.96. The number of anilines is 1. The lowest BCUT2D eigenvalue weighted by atomic mass is 9.87. The van der Waals surface area contributed by atoms with Crippen LogP contribution in [-0.2, 0) is 21.4 Å². The summed E-state index contributed by atoms with van der Waals surface area (Å²) < 4.78 is 65.9. The lowest BCUT2D eigenvalue weighted by molar-refractivity contribution is -0.137. The minimum absolute atomic E-state index is 0.0167. The number of nitrogens with zero attached hydrogens (tertiary/aromatic N) is 1. The van der Waals surface area contributed by atoms with E-state index in [2.05, 4.69) is 0 Å². The molecule has 1 unspecified atom stereocenters. The van der Waals surface area contributed by atoms with Crippen molar-refractivity contribution in [3.8, 4) is 5.75 Å². The van der Waals surface area contributed by atoms with Crippen molar-refractivity contribution in [2.24, 2.45) is 0 Å². The summed E-state index contributed by atoms with van der Waals surface area (Å²) in [5.74, 6) is -1.35. The highest BCUT2D eigenvalue weighted by atomic mass is 19.4. The summed E-state index contributed by atoms with van der Waals surface area (Å²) >= 11 is 0. The number of alkyl halides is 4. The second-order valence-corrected chi connectivity index (χ2v) is 6.43. The van der Waals surface area contributed by atoms with Crippen molar-refractivity contribution >= 4 is 17.7 Å². The Bertz CT molecular complexity index is 989. The number of methoxy groups -OCH3 is 1. The highest BCUT2D eigenvalue weighted by Crippen LogP contribution is 2.51. The van der Waals surface area contributed by atoms with E-state index in [1.807, 2.05) is 0 Å². The number of amides is 2. The standard InChI is InChI=1S/C20H17F4NO4/c1-4-29-18(27)25-15-10-12(20(22,23)24)6-7-13(15)19(21,17(25)26)14-9-11(2)5-8-16(14)28-3/h5-10H,4H2,1-3H3. The van der Waals surface area contributed by atoms with Crippen LogP contribution in [0.2, 0.25) is 0 Å². The van der Waals surface area contributed by atoms with Gasteiger partial charge in [-0.1, -0.05) is 17.7 Å². The maximum absolute atomic E-state index is 16.4. The summed E-state index contributed by atoms with van der Waals surface area (Å²) in [5, 5.41) is 0. The van der Waals surface area contributed by atoms with E-state index in [1.165, 1.54) is 26.2 Å². The van der Waals surface area contributed by atoms with Crippen molar-refractivity contribution in [1.29, 1.82) is 0 Å². The Labute approximate surface area is 163 Å². The first-order valence-corrected chi connectivity index (χ1v) is 8.62. The Morgan fingerprint density at radius 1 is 1.14 bits per heavy atom. The molecule has 3 rings (SSSR count). The maximum atomic E-state index is 16.4. The van der Waals surface area contributed by atoms with E-state index in [0.717, 1.165) is 6.07 Å². The van der Waals surface area contributed by atoms with Crippen LogP contribution in [-0.4, -0.2) is 25.7 Å². The van der Waals surface area contributed by atoms with Gasteiger partial charge in [0, 0.05) is 11.1 Å². The minimum atomic E-state index is -4.75. The molecule has 2 aromatic carbocycles. The van der Waals surface area contributed by atoms with Gasteiger partial charge in [0.25, 0.3) is 5.91 Å². The molecule has 29 heavy (non-hydrogen) atoms. The number of ether oxygens (including phenoxy) is 2. The summed E-state index contributed by atoms with van der Waals surface area (Å²) in [5.41, 5.74) is -4.59. The molecule has 0 saturated heterocycles. The second kappa shape index (κ2) is 7.06. The Hall–Kier alpha value is -3.10. The number of aryl methyl sites for hydroxylation is 1. The molecule has 0 spiro atoms. The number of carbonyl (C=O) groups excluding carboxylic acids is 2. The lowest BCUT2D eigenvalue weighted by Crippen LogP contribution is -2.42. The van der Waals surface area contributed by atoms with Gasteiger partial charge in [0.2, 0.25) is 5.67 Å². The molecule has 2 amide bonds. The van der Waals surface area contributed by atoms with E-state index in [9.17, 15) is 22.8 Å². The second-order valence-electron chi connectivity index (χ2n) is 6.43. The summed E-state index contributed by atoms with van der Waals surface area (Å²) in [6, 6.07) is 6.51. The highest BCUT2D eigenvalue weighted by molar-refractivity contribution is 6.22. The third-order valence-electron chi connectivity index (χ3n) is 4.61. The number of halogens is 4. The molecule has 1 aliphatic rings. The maximum Gasteiger partial charge on any atom is 0.421 e. The fourth-order valence-electron chi connectivity index (χ4n) is 3.28. The molecule has 0 radical (unpaired) electrons. The zero-order valence-electron chi connectivity index (χ0n) is 15.8. The molecule has 0 bridgehead atoms. The fourth-order valence-corrected chi connectivity index (χ4v) is 3.28. The Morgan fingerprint density at radius 2 is 1.83 bits per heavy atom. The molecule has 0 fully saturated rings. The fraction of sp³-hybridized carbons (Fsp3) is 0.300. The van der Waals surface area contributed by atoms with Crippen molar-refractivity contribution in [3.63, 3.8) is 0 Å². The number of rotatable bonds is 3. The van der Waals surface area contributed by atoms with Crippen molar-refractivity contribution in [1.82, 2.24) is 0 Å². The molecule has 154 valence electrons. The van der Waals surface area contributed by atoms with Gasteiger partial charge in [-0.3, -0.25) is 4.79 Å². The predicted octanol–water partition coefficient (Wildman–Crippen LogP) is 4.74. The van der Waals surface area contributed by atoms with Gasteiger partial charge in [-0.05, 0) is 38.1 Å². The number of imide groups is 1. The third-order valence-corrected chi connectivity index (χ3v) is 4.61. The van der Waals surface area contributed by atoms with Crippen LogP contribution in [0.15, 0.2) is 36.4 Å². The van der Waals surface area contributed by atoms with Gasteiger partial charge in [-0.2, -0.15) is 13.2 Å². The van der Waals surface area contributed by atoms with Crippen LogP contribution in [0.4, 0.5) is 28.0 Å². The van der Waals surface area contributed by atoms with E-state index in [1.54, 1.807) is 13.0 Å². The molecule has 2 aromatic rings. The van der Waals surface area contributed by atoms with Crippen LogP contribution >= 0.6 is 0 Å². The number of fused-ring (bicyclic) bond motifs is 1. The van der Waals surface area contributed by atoms with Crippen molar-refractivity contribution < 1.29 is 36.6 Å². The molecule has 0 saturated carbocycles. The van der Waals surface area contributed by atoms with Crippen LogP contribution in [0.1, 0.15) is 29.2 Å². The van der Waals surface area contributed by atoms with Crippen molar-refractivity contribution in [3.05, 3.63) is 58.7 Å². The van der Waals surface area contributed by atoms with E-state index < -0.39 is 40.7 Å². The lowest BCUT2D eigenvalue weighted by Gasteiger charge is -2.22. The zero-order valence-corrected chi connectivity index (χ0v) is 15.8. The van der Waals surface area contributed by atoms with Crippen molar-refractivity contribution in [2.75, 3.05) is 18.6 Å². The molecule has 0 aliphatic carbocycles. The van der Waals surface area contributed by atoms with Gasteiger partial charge in [0.1, 0.15) is 5.75 Å². The number of carbonyl (C=O) groups is 2. The molecule has 0 N–H and O–H groups in total. The van der Waals surface area contributed by atoms with Gasteiger partial charge < -0.3 is 9.47 Å². The first kappa shape index (κ1) is 20.6. The average Bonchev–Trinajstić information content (AvgIpc) is 2.89. The summed E-state index contributed by atoms with van der Waals surface area (Å²) in [4.78, 5) is 25.7. The topological polar surface area (TPSA) is 55.8 Å². The first-order chi connectivity index (χ1) is 13.6. The van der Waals surface area contributed by atoms with E-state index in [4.69, 9.17) is 9.47 Å². The number of hydrogen-bond donors (Lipinski definition) is 0. The smallest absolute Gasteiger partial charge is 0.421 e. The molecule has 1 atom stereocenters. The van der Waals surface area contributed by atoms with Gasteiger partial charge in [0.15, 0.2) is 0 Å².